The molecule has 44 heavy (non-hydrogen) atoms. The topological polar surface area (TPSA) is 165 Å². The van der Waals surface area contributed by atoms with Gasteiger partial charge in [0, 0.05) is 44.6 Å². The Morgan fingerprint density at radius 3 is 2.02 bits per heavy atom. The first-order chi connectivity index (χ1) is 20.9. The van der Waals surface area contributed by atoms with Gasteiger partial charge in [-0.2, -0.15) is 0 Å². The summed E-state index contributed by atoms with van der Waals surface area (Å²) in [5, 5.41) is 12.2. The fraction of sp³-hybridized carbons (Fsp3) is 0.548. The molecule has 1 aliphatic heterocycles. The number of oxime groups is 1. The summed E-state index contributed by atoms with van der Waals surface area (Å²) in [4.78, 5) is 65.0. The summed E-state index contributed by atoms with van der Waals surface area (Å²) >= 11 is 0. The molecule has 1 heterocycles. The van der Waals surface area contributed by atoms with Gasteiger partial charge in [-0.05, 0) is 76.8 Å². The third-order valence-corrected chi connectivity index (χ3v) is 6.11. The molecule has 0 fully saturated rings. The van der Waals surface area contributed by atoms with Crippen molar-refractivity contribution >= 4 is 35.4 Å². The average molecular weight is 616 g/mol. The minimum atomic E-state index is -0.558. The number of amides is 5. The number of hydrogen-bond acceptors (Lipinski definition) is 9. The molecular weight excluding hydrogens is 570 g/mol. The van der Waals surface area contributed by atoms with Crippen LogP contribution in [0.2, 0.25) is 0 Å². The lowest BCUT2D eigenvalue weighted by molar-refractivity contribution is -0.137. The lowest BCUT2D eigenvalue weighted by Gasteiger charge is -2.19. The third kappa shape index (κ3) is 15.2. The Balaban J connectivity index is 1.47. The molecule has 0 bridgehead atoms. The highest BCUT2D eigenvalue weighted by molar-refractivity contribution is 6.12. The molecule has 3 N–H and O–H groups in total. The molecule has 0 atom stereocenters. The molecule has 0 aromatic heterocycles. The van der Waals surface area contributed by atoms with Crippen LogP contribution in [0.15, 0.2) is 41.6 Å². The number of alkyl carbamates (subject to hydrolysis) is 1. The SMILES string of the molecule is C/C(=N/OCCNC(=O)OC(C)(C)C)c1ccc(OCCCC(=O)NCCNC(=O)CCCCCN2C(=O)C=CC2=O)cc1. The Hall–Kier alpha value is -4.42. The van der Waals surface area contributed by atoms with Crippen molar-refractivity contribution in [1.82, 2.24) is 20.9 Å². The Bertz CT molecular complexity index is 1160. The second-order valence-corrected chi connectivity index (χ2v) is 11.1. The van der Waals surface area contributed by atoms with Crippen LogP contribution in [0.5, 0.6) is 5.75 Å². The van der Waals surface area contributed by atoms with Gasteiger partial charge in [0.15, 0.2) is 0 Å². The van der Waals surface area contributed by atoms with E-state index >= 15 is 0 Å². The number of carbonyl (C=O) groups is 5. The van der Waals surface area contributed by atoms with Crippen LogP contribution in [0, 0.1) is 0 Å². The first-order valence-corrected chi connectivity index (χ1v) is 14.9. The van der Waals surface area contributed by atoms with Gasteiger partial charge in [-0.1, -0.05) is 11.6 Å². The van der Waals surface area contributed by atoms with E-state index in [9.17, 15) is 24.0 Å². The maximum absolute atomic E-state index is 12.0. The number of rotatable bonds is 19. The summed E-state index contributed by atoms with van der Waals surface area (Å²) in [6.45, 7) is 9.07. The zero-order chi connectivity index (χ0) is 32.4. The van der Waals surface area contributed by atoms with E-state index in [4.69, 9.17) is 14.3 Å². The van der Waals surface area contributed by atoms with Crippen molar-refractivity contribution in [2.45, 2.75) is 71.8 Å². The van der Waals surface area contributed by atoms with E-state index in [1.807, 2.05) is 31.2 Å². The standard InChI is InChI=1S/C31H45N5O8/c1-23(35-43-22-19-34-30(41)44-31(2,3)4)24-11-13-25(14-12-24)42-21-8-10-27(38)33-18-17-32-26(37)9-6-5-7-20-36-28(39)15-16-29(36)40/h11-16H,5-10,17-22H2,1-4H3,(H,32,37)(H,33,38)(H,34,41)/b35-23-. The van der Waals surface area contributed by atoms with Gasteiger partial charge in [-0.3, -0.25) is 24.1 Å². The molecule has 0 radical (unpaired) electrons. The number of nitrogens with one attached hydrogen (secondary N) is 3. The molecule has 1 aromatic rings. The number of nitrogens with zero attached hydrogens (tertiary/aromatic N) is 2. The van der Waals surface area contributed by atoms with Gasteiger partial charge in [0.1, 0.15) is 18.0 Å². The fourth-order valence-corrected chi connectivity index (χ4v) is 3.89. The first-order valence-electron chi connectivity index (χ1n) is 14.9. The number of carbonyl (C=O) groups excluding carboxylic acids is 5. The van der Waals surface area contributed by atoms with Gasteiger partial charge < -0.3 is 30.3 Å². The lowest BCUT2D eigenvalue weighted by atomic mass is 10.1. The molecule has 0 spiro atoms. The molecule has 13 nitrogen and oxygen atoms in total. The van der Waals surface area contributed by atoms with E-state index < -0.39 is 11.7 Å². The predicted molar refractivity (Wildman–Crippen MR) is 164 cm³/mol. The van der Waals surface area contributed by atoms with Crippen molar-refractivity contribution < 1.29 is 38.3 Å². The highest BCUT2D eigenvalue weighted by Crippen LogP contribution is 2.14. The maximum Gasteiger partial charge on any atom is 0.407 e. The van der Waals surface area contributed by atoms with Crippen LogP contribution in [0.3, 0.4) is 0 Å². The molecule has 0 saturated carbocycles. The molecule has 1 aliphatic rings. The summed E-state index contributed by atoms with van der Waals surface area (Å²) < 4.78 is 10.9. The molecule has 0 aliphatic carbocycles. The largest absolute Gasteiger partial charge is 0.494 e. The maximum atomic E-state index is 12.0. The van der Waals surface area contributed by atoms with Crippen LogP contribution in [0.25, 0.3) is 0 Å². The van der Waals surface area contributed by atoms with E-state index in [2.05, 4.69) is 21.1 Å². The zero-order valence-electron chi connectivity index (χ0n) is 26.1. The van der Waals surface area contributed by atoms with Crippen molar-refractivity contribution in [3.8, 4) is 5.75 Å². The van der Waals surface area contributed by atoms with E-state index in [0.29, 0.717) is 69.8 Å². The van der Waals surface area contributed by atoms with Gasteiger partial charge in [0.25, 0.3) is 11.8 Å². The fourth-order valence-electron chi connectivity index (χ4n) is 3.89. The Kier molecular flexibility index (Phi) is 15.4. The predicted octanol–water partition coefficient (Wildman–Crippen LogP) is 2.83. The van der Waals surface area contributed by atoms with Gasteiger partial charge in [0.05, 0.1) is 18.9 Å². The molecule has 0 saturated heterocycles. The van der Waals surface area contributed by atoms with E-state index in [0.717, 1.165) is 12.0 Å². The first kappa shape index (κ1) is 35.8. The highest BCUT2D eigenvalue weighted by atomic mass is 16.6. The van der Waals surface area contributed by atoms with Crippen molar-refractivity contribution in [3.63, 3.8) is 0 Å². The number of benzene rings is 1. The summed E-state index contributed by atoms with van der Waals surface area (Å²) in [5.41, 5.74) is 0.969. The Morgan fingerprint density at radius 2 is 1.41 bits per heavy atom. The lowest BCUT2D eigenvalue weighted by Crippen LogP contribution is -2.34. The highest BCUT2D eigenvalue weighted by Gasteiger charge is 2.22. The zero-order valence-corrected chi connectivity index (χ0v) is 26.1. The van der Waals surface area contributed by atoms with Crippen molar-refractivity contribution in [2.24, 2.45) is 5.16 Å². The van der Waals surface area contributed by atoms with E-state index in [1.165, 1.54) is 17.1 Å². The van der Waals surface area contributed by atoms with Crippen molar-refractivity contribution in [3.05, 3.63) is 42.0 Å². The number of unbranched alkanes of at least 4 members (excludes halogenated alkanes) is 2. The Morgan fingerprint density at radius 1 is 0.795 bits per heavy atom. The number of ether oxygens (including phenoxy) is 2. The van der Waals surface area contributed by atoms with Crippen LogP contribution in [0.1, 0.15) is 71.8 Å². The van der Waals surface area contributed by atoms with E-state index in [-0.39, 0.29) is 36.8 Å². The minimum Gasteiger partial charge on any atom is -0.494 e. The van der Waals surface area contributed by atoms with Crippen LogP contribution in [-0.4, -0.2) is 85.3 Å². The summed E-state index contributed by atoms with van der Waals surface area (Å²) in [6, 6.07) is 7.34. The van der Waals surface area contributed by atoms with Gasteiger partial charge in [-0.15, -0.1) is 0 Å². The van der Waals surface area contributed by atoms with Gasteiger partial charge in [-0.25, -0.2) is 4.79 Å². The summed E-state index contributed by atoms with van der Waals surface area (Å²) in [6.07, 6.45) is 5.25. The third-order valence-electron chi connectivity index (χ3n) is 6.11. The Labute approximate surface area is 258 Å². The molecule has 5 amide bonds. The second kappa shape index (κ2) is 19.0. The number of imide groups is 1. The summed E-state index contributed by atoms with van der Waals surface area (Å²) in [5.74, 6) is -0.131. The molecule has 1 aromatic carbocycles. The summed E-state index contributed by atoms with van der Waals surface area (Å²) in [7, 11) is 0. The molecule has 13 heteroatoms. The van der Waals surface area contributed by atoms with Crippen LogP contribution in [-0.2, 0) is 28.8 Å². The van der Waals surface area contributed by atoms with Gasteiger partial charge >= 0.3 is 6.09 Å². The van der Waals surface area contributed by atoms with Crippen LogP contribution in [0.4, 0.5) is 4.79 Å². The van der Waals surface area contributed by atoms with Gasteiger partial charge in [0.2, 0.25) is 11.8 Å². The second-order valence-electron chi connectivity index (χ2n) is 11.1. The molecule has 2 rings (SSSR count). The monoisotopic (exact) mass is 615 g/mol. The smallest absolute Gasteiger partial charge is 0.407 e. The quantitative estimate of drug-likeness (QED) is 0.0925. The molecular formula is C31H45N5O8. The van der Waals surface area contributed by atoms with Crippen LogP contribution >= 0.6 is 0 Å². The number of hydrogen-bond donors (Lipinski definition) is 3. The average Bonchev–Trinajstić information content (AvgIpc) is 3.28. The van der Waals surface area contributed by atoms with E-state index in [1.54, 1.807) is 20.8 Å². The normalized spacial score (nSPS) is 13.1. The van der Waals surface area contributed by atoms with Crippen molar-refractivity contribution in [2.75, 3.05) is 39.4 Å². The van der Waals surface area contributed by atoms with Crippen molar-refractivity contribution in [1.29, 1.82) is 0 Å². The minimum absolute atomic E-state index is 0.102. The molecule has 0 unspecified atom stereocenters. The molecule has 242 valence electrons. The van der Waals surface area contributed by atoms with Crippen LogP contribution < -0.4 is 20.7 Å².